The predicted molar refractivity (Wildman–Crippen MR) is 61.2 cm³/mol. The molecule has 2 N–H and O–H groups in total. The molecule has 0 aliphatic heterocycles. The van der Waals surface area contributed by atoms with Gasteiger partial charge < -0.3 is 10.4 Å². The summed E-state index contributed by atoms with van der Waals surface area (Å²) in [5.74, 6) is 0. The minimum atomic E-state index is 0. The number of nitrogens with one attached hydrogen (secondary N) is 1. The Morgan fingerprint density at radius 1 is 1.29 bits per heavy atom. The van der Waals surface area contributed by atoms with Gasteiger partial charge in [-0.2, -0.15) is 0 Å². The van der Waals surface area contributed by atoms with E-state index < -0.39 is 0 Å². The minimum Gasteiger partial charge on any atom is -0.395 e. The van der Waals surface area contributed by atoms with Crippen molar-refractivity contribution in [2.24, 2.45) is 0 Å². The summed E-state index contributed by atoms with van der Waals surface area (Å²) in [5.41, 5.74) is 1.26. The third kappa shape index (κ3) is 4.40. The van der Waals surface area contributed by atoms with Gasteiger partial charge in [-0.15, -0.1) is 0 Å². The second-order valence-corrected chi connectivity index (χ2v) is 3.15. The summed E-state index contributed by atoms with van der Waals surface area (Å²) in [6, 6.07) is 10.4. The van der Waals surface area contributed by atoms with E-state index in [0.717, 1.165) is 13.0 Å². The Labute approximate surface area is 87.0 Å². The molecule has 2 heteroatoms. The number of hydrogen-bond donors (Lipinski definition) is 2. The maximum Gasteiger partial charge on any atom is 0.0584 e. The number of benzene rings is 1. The Morgan fingerprint density at radius 3 is 2.43 bits per heavy atom. The van der Waals surface area contributed by atoms with Crippen molar-refractivity contribution in [2.45, 2.75) is 33.4 Å². The Balaban J connectivity index is 0.00000169. The molecule has 0 spiro atoms. The molecule has 0 radical (unpaired) electrons. The molecule has 0 saturated carbocycles. The lowest BCUT2D eigenvalue weighted by molar-refractivity contribution is 0.238. The topological polar surface area (TPSA) is 32.3 Å². The van der Waals surface area contributed by atoms with Gasteiger partial charge in [0, 0.05) is 12.6 Å². The lowest BCUT2D eigenvalue weighted by atomic mass is 10.2. The third-order valence-corrected chi connectivity index (χ3v) is 2.15. The Hall–Kier alpha value is -0.860. The van der Waals surface area contributed by atoms with E-state index in [-0.39, 0.29) is 20.1 Å². The van der Waals surface area contributed by atoms with Crippen molar-refractivity contribution >= 4 is 0 Å². The molecule has 0 heterocycles. The first kappa shape index (κ1) is 13.1. The van der Waals surface area contributed by atoms with E-state index in [1.165, 1.54) is 5.56 Å². The molecule has 2 nitrogen and oxygen atoms in total. The van der Waals surface area contributed by atoms with Crippen LogP contribution in [0.5, 0.6) is 0 Å². The number of rotatable bonds is 5. The first-order valence-corrected chi connectivity index (χ1v) is 4.75. The smallest absolute Gasteiger partial charge is 0.0584 e. The van der Waals surface area contributed by atoms with E-state index in [0.29, 0.717) is 0 Å². The molecule has 0 unspecified atom stereocenters. The van der Waals surface area contributed by atoms with Gasteiger partial charge in [-0.05, 0) is 12.0 Å². The summed E-state index contributed by atoms with van der Waals surface area (Å²) in [6.07, 6.45) is 0.962. The highest BCUT2D eigenvalue weighted by Crippen LogP contribution is 1.99. The molecule has 1 rings (SSSR count). The van der Waals surface area contributed by atoms with Crippen molar-refractivity contribution in [3.8, 4) is 0 Å². The van der Waals surface area contributed by atoms with Crippen molar-refractivity contribution in [3.63, 3.8) is 0 Å². The summed E-state index contributed by atoms with van der Waals surface area (Å²) < 4.78 is 0. The van der Waals surface area contributed by atoms with Gasteiger partial charge in [0.2, 0.25) is 0 Å². The van der Waals surface area contributed by atoms with Gasteiger partial charge in [-0.3, -0.25) is 0 Å². The Bertz CT molecular complexity index is 219. The number of aliphatic hydroxyl groups excluding tert-OH is 1. The van der Waals surface area contributed by atoms with E-state index in [9.17, 15) is 0 Å². The van der Waals surface area contributed by atoms with Crippen LogP contribution < -0.4 is 5.32 Å². The van der Waals surface area contributed by atoms with Crippen LogP contribution in [0.1, 0.15) is 26.3 Å². The SMILES string of the molecule is C.CC[C@H](CO)NCc1ccccc1. The zero-order valence-corrected chi connectivity index (χ0v) is 8.03. The number of hydrogen-bond acceptors (Lipinski definition) is 2. The van der Waals surface area contributed by atoms with Crippen LogP contribution in [0.4, 0.5) is 0 Å². The summed E-state index contributed by atoms with van der Waals surface area (Å²) in [6.45, 7) is 3.11. The van der Waals surface area contributed by atoms with Crippen molar-refractivity contribution < 1.29 is 5.11 Å². The van der Waals surface area contributed by atoms with Crippen molar-refractivity contribution in [1.82, 2.24) is 5.32 Å². The molecule has 1 aromatic rings. The van der Waals surface area contributed by atoms with Crippen molar-refractivity contribution in [2.75, 3.05) is 6.61 Å². The molecule has 14 heavy (non-hydrogen) atoms. The molecule has 0 aliphatic rings. The highest BCUT2D eigenvalue weighted by atomic mass is 16.3. The zero-order valence-electron chi connectivity index (χ0n) is 8.03. The van der Waals surface area contributed by atoms with Crippen molar-refractivity contribution in [3.05, 3.63) is 35.9 Å². The summed E-state index contributed by atoms with van der Waals surface area (Å²) in [7, 11) is 0. The largest absolute Gasteiger partial charge is 0.395 e. The summed E-state index contributed by atoms with van der Waals surface area (Å²) in [4.78, 5) is 0. The predicted octanol–water partition coefficient (Wildman–Crippen LogP) is 2.18. The van der Waals surface area contributed by atoms with Gasteiger partial charge in [-0.25, -0.2) is 0 Å². The highest BCUT2D eigenvalue weighted by Gasteiger charge is 2.01. The highest BCUT2D eigenvalue weighted by molar-refractivity contribution is 5.14. The molecule has 0 aromatic heterocycles. The van der Waals surface area contributed by atoms with E-state index in [1.807, 2.05) is 18.2 Å². The first-order valence-electron chi connectivity index (χ1n) is 4.75. The molecule has 0 bridgehead atoms. The van der Waals surface area contributed by atoms with Gasteiger partial charge in [-0.1, -0.05) is 44.7 Å². The lowest BCUT2D eigenvalue weighted by Crippen LogP contribution is -2.31. The normalized spacial score (nSPS) is 11.9. The van der Waals surface area contributed by atoms with Crippen LogP contribution in [0.3, 0.4) is 0 Å². The molecule has 0 aliphatic carbocycles. The lowest BCUT2D eigenvalue weighted by Gasteiger charge is -2.13. The first-order chi connectivity index (χ1) is 6.36. The second-order valence-electron chi connectivity index (χ2n) is 3.15. The maximum absolute atomic E-state index is 8.94. The summed E-state index contributed by atoms with van der Waals surface area (Å²) in [5, 5.41) is 12.2. The molecule has 0 fully saturated rings. The number of aliphatic hydroxyl groups is 1. The van der Waals surface area contributed by atoms with Gasteiger partial charge >= 0.3 is 0 Å². The van der Waals surface area contributed by atoms with Gasteiger partial charge in [0.25, 0.3) is 0 Å². The van der Waals surface area contributed by atoms with E-state index >= 15 is 0 Å². The molecular formula is C12H21NO. The molecule has 80 valence electrons. The van der Waals surface area contributed by atoms with Crippen LogP contribution in [0.2, 0.25) is 0 Å². The average Bonchev–Trinajstić information content (AvgIpc) is 2.21. The molecule has 1 atom stereocenters. The van der Waals surface area contributed by atoms with Crippen LogP contribution in [-0.4, -0.2) is 17.8 Å². The second kappa shape index (κ2) is 7.54. The molecule has 0 amide bonds. The fourth-order valence-corrected chi connectivity index (χ4v) is 1.20. The van der Waals surface area contributed by atoms with Gasteiger partial charge in [0.05, 0.1) is 6.61 Å². The standard InChI is InChI=1S/C11H17NO.CH4/c1-2-11(9-13)12-8-10-6-4-3-5-7-10;/h3-7,11-13H,2,8-9H2,1H3;1H4/t11-;/m1./s1. The maximum atomic E-state index is 8.94. The molecular weight excluding hydrogens is 174 g/mol. The van der Waals surface area contributed by atoms with Crippen LogP contribution in [-0.2, 0) is 6.54 Å². The monoisotopic (exact) mass is 195 g/mol. The van der Waals surface area contributed by atoms with Gasteiger partial charge in [0.1, 0.15) is 0 Å². The molecule has 1 aromatic carbocycles. The van der Waals surface area contributed by atoms with Crippen LogP contribution in [0.25, 0.3) is 0 Å². The summed E-state index contributed by atoms with van der Waals surface area (Å²) >= 11 is 0. The van der Waals surface area contributed by atoms with Crippen LogP contribution in [0, 0.1) is 0 Å². The van der Waals surface area contributed by atoms with Crippen LogP contribution >= 0.6 is 0 Å². The fraction of sp³-hybridized carbons (Fsp3) is 0.500. The fourth-order valence-electron chi connectivity index (χ4n) is 1.20. The quantitative estimate of drug-likeness (QED) is 0.755. The Kier molecular flexibility index (Phi) is 7.07. The average molecular weight is 195 g/mol. The van der Waals surface area contributed by atoms with E-state index in [4.69, 9.17) is 5.11 Å². The molecule has 0 saturated heterocycles. The minimum absolute atomic E-state index is 0. The van der Waals surface area contributed by atoms with Crippen molar-refractivity contribution in [1.29, 1.82) is 0 Å². The van der Waals surface area contributed by atoms with E-state index in [2.05, 4.69) is 24.4 Å². The van der Waals surface area contributed by atoms with E-state index in [1.54, 1.807) is 0 Å². The third-order valence-electron chi connectivity index (χ3n) is 2.15. The zero-order chi connectivity index (χ0) is 9.52. The van der Waals surface area contributed by atoms with Gasteiger partial charge in [0.15, 0.2) is 0 Å². The van der Waals surface area contributed by atoms with Crippen LogP contribution in [0.15, 0.2) is 30.3 Å². The Morgan fingerprint density at radius 2 is 1.93 bits per heavy atom.